The van der Waals surface area contributed by atoms with E-state index in [4.69, 9.17) is 4.74 Å². The number of hydrogen-bond donors (Lipinski definition) is 2. The van der Waals surface area contributed by atoms with Crippen molar-refractivity contribution in [3.05, 3.63) is 22.2 Å². The molecule has 20 heavy (non-hydrogen) atoms. The molecule has 2 N–H and O–H groups in total. The number of hydrogen-bond acceptors (Lipinski definition) is 6. The Balaban J connectivity index is 2.70. The fourth-order valence-electron chi connectivity index (χ4n) is 1.54. The molecule has 0 radical (unpaired) electrons. The summed E-state index contributed by atoms with van der Waals surface area (Å²) in [7, 11) is 0. The molecule has 1 aromatic rings. The van der Waals surface area contributed by atoms with Crippen molar-refractivity contribution in [3.63, 3.8) is 0 Å². The lowest BCUT2D eigenvalue weighted by Gasteiger charge is -2.11. The number of pyridine rings is 1. The van der Waals surface area contributed by atoms with E-state index >= 15 is 0 Å². The summed E-state index contributed by atoms with van der Waals surface area (Å²) in [6, 6.07) is 3.07. The number of rotatable bonds is 9. The van der Waals surface area contributed by atoms with Crippen LogP contribution in [0.2, 0.25) is 0 Å². The van der Waals surface area contributed by atoms with Gasteiger partial charge in [-0.25, -0.2) is 4.98 Å². The molecule has 0 aliphatic heterocycles. The van der Waals surface area contributed by atoms with Gasteiger partial charge in [-0.3, -0.25) is 10.1 Å². The van der Waals surface area contributed by atoms with E-state index in [1.807, 2.05) is 20.8 Å². The van der Waals surface area contributed by atoms with Crippen LogP contribution in [0.1, 0.15) is 27.2 Å². The standard InChI is InChI=1S/C13H22N4O3/c1-4-7-14-12-6-5-11(17(18)19)13(16-12)15-8-9-20-10(2)3/h5-6,10H,4,7-9H2,1-3H3,(H2,14,15,16). The molecule has 0 unspecified atom stereocenters. The summed E-state index contributed by atoms with van der Waals surface area (Å²) in [5, 5.41) is 17.0. The number of ether oxygens (including phenoxy) is 1. The molecule has 0 fully saturated rings. The molecule has 0 aliphatic rings. The molecule has 0 bridgehead atoms. The van der Waals surface area contributed by atoms with Gasteiger partial charge in [-0.1, -0.05) is 6.92 Å². The van der Waals surface area contributed by atoms with Crippen LogP contribution in [0.4, 0.5) is 17.3 Å². The lowest BCUT2D eigenvalue weighted by atomic mass is 10.3. The molecule has 0 spiro atoms. The Morgan fingerprint density at radius 1 is 1.35 bits per heavy atom. The third-order valence-corrected chi connectivity index (χ3v) is 2.47. The van der Waals surface area contributed by atoms with Crippen molar-refractivity contribution in [1.29, 1.82) is 0 Å². The highest BCUT2D eigenvalue weighted by atomic mass is 16.6. The predicted octanol–water partition coefficient (Wildman–Crippen LogP) is 2.65. The Morgan fingerprint density at radius 3 is 2.70 bits per heavy atom. The van der Waals surface area contributed by atoms with Crippen LogP contribution < -0.4 is 10.6 Å². The van der Waals surface area contributed by atoms with E-state index in [-0.39, 0.29) is 17.6 Å². The Kier molecular flexibility index (Phi) is 6.72. The Labute approximate surface area is 118 Å². The van der Waals surface area contributed by atoms with Crippen molar-refractivity contribution < 1.29 is 9.66 Å². The predicted molar refractivity (Wildman–Crippen MR) is 79.2 cm³/mol. The highest BCUT2D eigenvalue weighted by Gasteiger charge is 2.15. The van der Waals surface area contributed by atoms with Gasteiger partial charge in [-0.2, -0.15) is 0 Å². The van der Waals surface area contributed by atoms with Crippen LogP contribution in [0, 0.1) is 10.1 Å². The van der Waals surface area contributed by atoms with E-state index < -0.39 is 4.92 Å². The van der Waals surface area contributed by atoms with Crippen LogP contribution >= 0.6 is 0 Å². The van der Waals surface area contributed by atoms with Crippen LogP contribution in [0.15, 0.2) is 12.1 Å². The SMILES string of the molecule is CCCNc1ccc([N+](=O)[O-])c(NCCOC(C)C)n1. The molecular formula is C13H22N4O3. The third-order valence-electron chi connectivity index (χ3n) is 2.47. The summed E-state index contributed by atoms with van der Waals surface area (Å²) < 4.78 is 5.38. The lowest BCUT2D eigenvalue weighted by Crippen LogP contribution is -2.15. The topological polar surface area (TPSA) is 89.3 Å². The molecule has 0 aromatic carbocycles. The van der Waals surface area contributed by atoms with Gasteiger partial charge in [0, 0.05) is 19.2 Å². The number of aromatic nitrogens is 1. The van der Waals surface area contributed by atoms with Gasteiger partial charge in [0.05, 0.1) is 17.6 Å². The zero-order valence-corrected chi connectivity index (χ0v) is 12.2. The van der Waals surface area contributed by atoms with E-state index in [0.29, 0.717) is 19.0 Å². The summed E-state index contributed by atoms with van der Waals surface area (Å²) >= 11 is 0. The highest BCUT2D eigenvalue weighted by Crippen LogP contribution is 2.23. The molecule has 0 aliphatic carbocycles. The average molecular weight is 282 g/mol. The summed E-state index contributed by atoms with van der Waals surface area (Å²) in [5.74, 6) is 0.896. The van der Waals surface area contributed by atoms with Crippen molar-refractivity contribution in [3.8, 4) is 0 Å². The van der Waals surface area contributed by atoms with Gasteiger partial charge in [0.1, 0.15) is 5.82 Å². The number of nitro groups is 1. The molecule has 1 aromatic heterocycles. The van der Waals surface area contributed by atoms with E-state index in [0.717, 1.165) is 13.0 Å². The fraction of sp³-hybridized carbons (Fsp3) is 0.615. The highest BCUT2D eigenvalue weighted by molar-refractivity contribution is 5.60. The van der Waals surface area contributed by atoms with Crippen LogP contribution in [0.25, 0.3) is 0 Å². The minimum absolute atomic E-state index is 0.0309. The summed E-state index contributed by atoms with van der Waals surface area (Å²) in [5.41, 5.74) is -0.0309. The summed E-state index contributed by atoms with van der Waals surface area (Å²) in [4.78, 5) is 14.7. The maximum atomic E-state index is 11.0. The first-order valence-corrected chi connectivity index (χ1v) is 6.79. The van der Waals surface area contributed by atoms with E-state index in [9.17, 15) is 10.1 Å². The van der Waals surface area contributed by atoms with Crippen LogP contribution in [0.5, 0.6) is 0 Å². The van der Waals surface area contributed by atoms with Gasteiger partial charge < -0.3 is 15.4 Å². The first-order valence-electron chi connectivity index (χ1n) is 6.79. The minimum atomic E-state index is -0.442. The third kappa shape index (κ3) is 5.40. The molecule has 1 heterocycles. The second-order valence-corrected chi connectivity index (χ2v) is 4.59. The Morgan fingerprint density at radius 2 is 2.10 bits per heavy atom. The van der Waals surface area contributed by atoms with Crippen molar-refractivity contribution in [2.75, 3.05) is 30.3 Å². The van der Waals surface area contributed by atoms with E-state index in [2.05, 4.69) is 15.6 Å². The molecular weight excluding hydrogens is 260 g/mol. The van der Waals surface area contributed by atoms with Crippen molar-refractivity contribution in [2.24, 2.45) is 0 Å². The largest absolute Gasteiger partial charge is 0.377 e. The van der Waals surface area contributed by atoms with E-state index in [1.165, 1.54) is 6.07 Å². The second kappa shape index (κ2) is 8.31. The zero-order valence-electron chi connectivity index (χ0n) is 12.2. The van der Waals surface area contributed by atoms with Crippen molar-refractivity contribution in [2.45, 2.75) is 33.3 Å². The number of anilines is 2. The molecule has 112 valence electrons. The molecule has 0 saturated heterocycles. The average Bonchev–Trinajstić information content (AvgIpc) is 2.41. The quantitative estimate of drug-likeness (QED) is 0.411. The number of nitrogens with one attached hydrogen (secondary N) is 2. The first kappa shape index (κ1) is 16.2. The summed E-state index contributed by atoms with van der Waals surface area (Å²) in [6.45, 7) is 7.65. The fourth-order valence-corrected chi connectivity index (χ4v) is 1.54. The molecule has 0 saturated carbocycles. The molecule has 7 nitrogen and oxygen atoms in total. The summed E-state index contributed by atoms with van der Waals surface area (Å²) in [6.07, 6.45) is 1.10. The van der Waals surface area contributed by atoms with Gasteiger partial charge in [0.2, 0.25) is 5.82 Å². The van der Waals surface area contributed by atoms with Crippen molar-refractivity contribution in [1.82, 2.24) is 4.98 Å². The minimum Gasteiger partial charge on any atom is -0.377 e. The smallest absolute Gasteiger partial charge is 0.311 e. The van der Waals surface area contributed by atoms with Crippen LogP contribution in [-0.2, 0) is 4.74 Å². The Bertz CT molecular complexity index is 438. The van der Waals surface area contributed by atoms with Gasteiger partial charge in [0.25, 0.3) is 0 Å². The molecule has 1 rings (SSSR count). The Hall–Kier alpha value is -1.89. The second-order valence-electron chi connectivity index (χ2n) is 4.59. The van der Waals surface area contributed by atoms with Gasteiger partial charge in [-0.15, -0.1) is 0 Å². The molecule has 7 heteroatoms. The van der Waals surface area contributed by atoms with Crippen LogP contribution in [0.3, 0.4) is 0 Å². The maximum absolute atomic E-state index is 11.0. The normalized spacial score (nSPS) is 10.6. The van der Waals surface area contributed by atoms with Crippen molar-refractivity contribution >= 4 is 17.3 Å². The van der Waals surface area contributed by atoms with Gasteiger partial charge in [-0.05, 0) is 26.3 Å². The van der Waals surface area contributed by atoms with E-state index in [1.54, 1.807) is 6.07 Å². The monoisotopic (exact) mass is 282 g/mol. The van der Waals surface area contributed by atoms with Crippen LogP contribution in [-0.4, -0.2) is 35.7 Å². The first-order chi connectivity index (χ1) is 9.54. The van der Waals surface area contributed by atoms with Gasteiger partial charge in [0.15, 0.2) is 0 Å². The zero-order chi connectivity index (χ0) is 15.0. The molecule has 0 amide bonds. The molecule has 0 atom stereocenters. The number of nitrogens with zero attached hydrogens (tertiary/aromatic N) is 2. The van der Waals surface area contributed by atoms with Gasteiger partial charge >= 0.3 is 5.69 Å². The lowest BCUT2D eigenvalue weighted by molar-refractivity contribution is -0.384. The maximum Gasteiger partial charge on any atom is 0.311 e.